The molecule has 0 radical (unpaired) electrons. The van der Waals surface area contributed by atoms with Crippen molar-refractivity contribution in [3.05, 3.63) is 40.8 Å². The zero-order valence-corrected chi connectivity index (χ0v) is 19.8. The maximum Gasteiger partial charge on any atom is 0.222 e. The predicted octanol–water partition coefficient (Wildman–Crippen LogP) is 3.81. The number of amides is 1. The second-order valence-corrected chi connectivity index (χ2v) is 10.3. The molecule has 0 bridgehead atoms. The Kier molecular flexibility index (Phi) is 6.24. The van der Waals surface area contributed by atoms with Crippen LogP contribution >= 0.6 is 0 Å². The van der Waals surface area contributed by atoms with Gasteiger partial charge in [0.25, 0.3) is 0 Å². The molecule has 1 saturated carbocycles. The number of ketones is 2. The summed E-state index contributed by atoms with van der Waals surface area (Å²) >= 11 is 0. The van der Waals surface area contributed by atoms with Crippen molar-refractivity contribution in [1.82, 2.24) is 14.7 Å². The van der Waals surface area contributed by atoms with Crippen LogP contribution in [0.5, 0.6) is 0 Å². The van der Waals surface area contributed by atoms with Gasteiger partial charge in [0.15, 0.2) is 0 Å². The lowest BCUT2D eigenvalue weighted by atomic mass is 9.61. The van der Waals surface area contributed by atoms with Crippen LogP contribution in [-0.2, 0) is 27.9 Å². The summed E-state index contributed by atoms with van der Waals surface area (Å²) in [6.45, 7) is 7.55. The number of Topliss-reactive ketones (excluding diaryl/α,β-unsaturated/α-hetero) is 2. The van der Waals surface area contributed by atoms with E-state index in [1.165, 1.54) is 5.57 Å². The predicted molar refractivity (Wildman–Crippen MR) is 123 cm³/mol. The first kappa shape index (κ1) is 22.7. The lowest BCUT2D eigenvalue weighted by molar-refractivity contribution is -0.142. The molecule has 0 aromatic carbocycles. The Labute approximate surface area is 190 Å². The molecule has 1 aromatic heterocycles. The number of nitrogens with zero attached hydrogens (tertiary/aromatic N) is 3. The van der Waals surface area contributed by atoms with Crippen molar-refractivity contribution in [2.45, 2.75) is 65.7 Å². The molecule has 6 nitrogen and oxygen atoms in total. The summed E-state index contributed by atoms with van der Waals surface area (Å²) in [4.78, 5) is 41.1. The van der Waals surface area contributed by atoms with Gasteiger partial charge in [-0.05, 0) is 56.1 Å². The molecule has 1 saturated heterocycles. The number of aryl methyl sites for hydroxylation is 2. The van der Waals surface area contributed by atoms with Crippen molar-refractivity contribution >= 4 is 17.5 Å². The molecular formula is C26H35N3O3. The van der Waals surface area contributed by atoms with E-state index in [0.29, 0.717) is 38.8 Å². The molecular weight excluding hydrogens is 402 g/mol. The fraction of sp³-hybridized carbons (Fsp3) is 0.615. The summed E-state index contributed by atoms with van der Waals surface area (Å²) in [5.74, 6) is -0.00462. The van der Waals surface area contributed by atoms with Crippen LogP contribution in [-0.4, -0.2) is 45.2 Å². The third-order valence-electron chi connectivity index (χ3n) is 7.67. The normalized spacial score (nSPS) is 24.3. The van der Waals surface area contributed by atoms with E-state index in [1.54, 1.807) is 4.68 Å². The van der Waals surface area contributed by atoms with Crippen LogP contribution in [0.25, 0.3) is 0 Å². The minimum absolute atomic E-state index is 0.0883. The number of likely N-dealkylation sites (tertiary alicyclic amines) is 1. The van der Waals surface area contributed by atoms with E-state index in [2.05, 4.69) is 25.0 Å². The minimum atomic E-state index is -0.557. The van der Waals surface area contributed by atoms with Crippen molar-refractivity contribution < 1.29 is 14.4 Å². The van der Waals surface area contributed by atoms with E-state index in [1.807, 2.05) is 31.1 Å². The van der Waals surface area contributed by atoms with Crippen molar-refractivity contribution in [1.29, 1.82) is 0 Å². The summed E-state index contributed by atoms with van der Waals surface area (Å²) < 4.78 is 1.75. The summed E-state index contributed by atoms with van der Waals surface area (Å²) in [5, 5.41) is 4.34. The highest BCUT2D eigenvalue weighted by Crippen LogP contribution is 2.47. The molecule has 1 amide bonds. The van der Waals surface area contributed by atoms with E-state index in [-0.39, 0.29) is 28.8 Å². The van der Waals surface area contributed by atoms with Crippen LogP contribution in [0.4, 0.5) is 0 Å². The van der Waals surface area contributed by atoms with Gasteiger partial charge in [-0.3, -0.25) is 19.1 Å². The SMILES string of the molecule is CC1=CC(C)=C(C2C(=O)CC3(CCN(C(=O)CCc4ccn(C)n4)CC3)CC2=O)C(C)C1. The molecule has 32 heavy (non-hydrogen) atoms. The van der Waals surface area contributed by atoms with Crippen LogP contribution in [0, 0.1) is 17.3 Å². The molecule has 2 fully saturated rings. The average Bonchev–Trinajstić information content (AvgIpc) is 3.13. The summed E-state index contributed by atoms with van der Waals surface area (Å²) in [6, 6.07) is 1.94. The summed E-state index contributed by atoms with van der Waals surface area (Å²) in [5.41, 5.74) is 4.11. The third-order valence-corrected chi connectivity index (χ3v) is 7.67. The molecule has 1 spiro atoms. The van der Waals surface area contributed by atoms with Crippen molar-refractivity contribution in [3.8, 4) is 0 Å². The number of piperidine rings is 1. The minimum Gasteiger partial charge on any atom is -0.343 e. The fourth-order valence-corrected chi connectivity index (χ4v) is 6.11. The molecule has 1 atom stereocenters. The number of hydrogen-bond donors (Lipinski definition) is 0. The van der Waals surface area contributed by atoms with Gasteiger partial charge in [-0.25, -0.2) is 0 Å². The number of carbonyl (C=O) groups is 3. The Balaban J connectivity index is 1.37. The van der Waals surface area contributed by atoms with Crippen molar-refractivity contribution in [3.63, 3.8) is 0 Å². The van der Waals surface area contributed by atoms with Crippen LogP contribution in [0.2, 0.25) is 0 Å². The van der Waals surface area contributed by atoms with Gasteiger partial charge < -0.3 is 4.90 Å². The summed E-state index contributed by atoms with van der Waals surface area (Å²) in [6.07, 6.45) is 8.43. The van der Waals surface area contributed by atoms with Crippen LogP contribution in [0.3, 0.4) is 0 Å². The van der Waals surface area contributed by atoms with E-state index in [0.717, 1.165) is 36.1 Å². The van der Waals surface area contributed by atoms with Gasteiger partial charge in [0, 0.05) is 52.0 Å². The molecule has 1 aliphatic heterocycles. The molecule has 2 aliphatic carbocycles. The smallest absolute Gasteiger partial charge is 0.222 e. The number of rotatable bonds is 4. The zero-order valence-electron chi connectivity index (χ0n) is 19.8. The van der Waals surface area contributed by atoms with E-state index < -0.39 is 5.92 Å². The largest absolute Gasteiger partial charge is 0.343 e. The average molecular weight is 438 g/mol. The Bertz CT molecular complexity index is 972. The Morgan fingerprint density at radius 3 is 2.38 bits per heavy atom. The number of aromatic nitrogens is 2. The maximum atomic E-state index is 13.3. The zero-order chi connectivity index (χ0) is 23.0. The van der Waals surface area contributed by atoms with Gasteiger partial charge >= 0.3 is 0 Å². The molecule has 1 aromatic rings. The standard InChI is InChI=1S/C26H35N3O3/c1-17-13-18(2)24(19(3)14-17)25-21(30)15-26(16-22(25)31)8-11-29(12-9-26)23(32)6-5-20-7-10-28(4)27-20/h7,10,13,19,25H,5-6,8-9,11-12,14-16H2,1-4H3. The summed E-state index contributed by atoms with van der Waals surface area (Å²) in [7, 11) is 1.87. The number of allylic oxidation sites excluding steroid dienone is 4. The van der Waals surface area contributed by atoms with Crippen molar-refractivity contribution in [2.24, 2.45) is 24.3 Å². The third kappa shape index (κ3) is 4.50. The monoisotopic (exact) mass is 437 g/mol. The molecule has 172 valence electrons. The highest BCUT2D eigenvalue weighted by atomic mass is 16.2. The van der Waals surface area contributed by atoms with Crippen LogP contribution in [0.15, 0.2) is 35.1 Å². The fourth-order valence-electron chi connectivity index (χ4n) is 6.11. The highest BCUT2D eigenvalue weighted by molar-refractivity contribution is 6.08. The Hall–Kier alpha value is -2.50. The van der Waals surface area contributed by atoms with E-state index in [4.69, 9.17) is 0 Å². The second-order valence-electron chi connectivity index (χ2n) is 10.3. The molecule has 1 unspecified atom stereocenters. The Morgan fingerprint density at radius 1 is 1.16 bits per heavy atom. The number of carbonyl (C=O) groups excluding carboxylic acids is 3. The first-order valence-electron chi connectivity index (χ1n) is 11.9. The molecule has 6 heteroatoms. The first-order valence-corrected chi connectivity index (χ1v) is 11.9. The lowest BCUT2D eigenvalue weighted by Crippen LogP contribution is -2.49. The first-order chi connectivity index (χ1) is 15.2. The molecule has 2 heterocycles. The van der Waals surface area contributed by atoms with E-state index in [9.17, 15) is 14.4 Å². The second kappa shape index (κ2) is 8.80. The van der Waals surface area contributed by atoms with Crippen molar-refractivity contribution in [2.75, 3.05) is 13.1 Å². The Morgan fingerprint density at radius 2 is 1.81 bits per heavy atom. The van der Waals surface area contributed by atoms with Gasteiger partial charge in [0.2, 0.25) is 5.91 Å². The topological polar surface area (TPSA) is 72.3 Å². The van der Waals surface area contributed by atoms with Gasteiger partial charge in [0.05, 0.1) is 11.6 Å². The van der Waals surface area contributed by atoms with Gasteiger partial charge in [-0.15, -0.1) is 0 Å². The number of hydrogen-bond acceptors (Lipinski definition) is 4. The molecule has 3 aliphatic rings. The molecule has 4 rings (SSSR count). The molecule has 0 N–H and O–H groups in total. The quantitative estimate of drug-likeness (QED) is 0.672. The van der Waals surface area contributed by atoms with E-state index >= 15 is 0 Å². The van der Waals surface area contributed by atoms with Crippen LogP contribution < -0.4 is 0 Å². The highest BCUT2D eigenvalue weighted by Gasteiger charge is 2.48. The maximum absolute atomic E-state index is 13.3. The van der Waals surface area contributed by atoms with Gasteiger partial charge in [-0.2, -0.15) is 5.10 Å². The van der Waals surface area contributed by atoms with Gasteiger partial charge in [-0.1, -0.05) is 24.1 Å². The van der Waals surface area contributed by atoms with Crippen LogP contribution in [0.1, 0.15) is 65.0 Å². The van der Waals surface area contributed by atoms with Gasteiger partial charge in [0.1, 0.15) is 11.6 Å². The lowest BCUT2D eigenvalue weighted by Gasteiger charge is -2.45.